The number of unbranched alkanes of at least 4 members (excludes halogenated alkanes) is 6. The smallest absolute Gasteiger partial charge is 0.165 e. The van der Waals surface area contributed by atoms with E-state index in [4.69, 9.17) is 15.9 Å². The largest absolute Gasteiger partial charge is 0.348 e. The van der Waals surface area contributed by atoms with Crippen LogP contribution in [-0.4, -0.2) is 19.0 Å². The zero-order chi connectivity index (χ0) is 11.7. The zero-order valence-corrected chi connectivity index (χ0v) is 10.5. The van der Waals surface area contributed by atoms with E-state index in [9.17, 15) is 0 Å². The van der Waals surface area contributed by atoms with Gasteiger partial charge in [-0.3, -0.25) is 0 Å². The summed E-state index contributed by atoms with van der Waals surface area (Å²) < 4.78 is 11.1. The topological polar surface area (TPSA) is 18.5 Å². The maximum atomic E-state index is 5.56. The monoisotopic (exact) mass is 224 g/mol. The van der Waals surface area contributed by atoms with Gasteiger partial charge in [0.25, 0.3) is 0 Å². The van der Waals surface area contributed by atoms with Gasteiger partial charge in [0.15, 0.2) is 5.79 Å². The van der Waals surface area contributed by atoms with Crippen LogP contribution in [0.2, 0.25) is 0 Å². The molecule has 0 aromatic heterocycles. The highest BCUT2D eigenvalue weighted by Crippen LogP contribution is 2.25. The first-order valence-electron chi connectivity index (χ1n) is 6.48. The highest BCUT2D eigenvalue weighted by atomic mass is 16.7. The molecule has 0 spiro atoms. The Morgan fingerprint density at radius 1 is 1.00 bits per heavy atom. The van der Waals surface area contributed by atoms with Crippen molar-refractivity contribution in [3.05, 3.63) is 0 Å². The Bertz CT molecular complexity index is 211. The lowest BCUT2D eigenvalue weighted by molar-refractivity contribution is -0.147. The van der Waals surface area contributed by atoms with Crippen molar-refractivity contribution in [2.24, 2.45) is 0 Å². The van der Waals surface area contributed by atoms with Gasteiger partial charge >= 0.3 is 0 Å². The molecule has 16 heavy (non-hydrogen) atoms. The van der Waals surface area contributed by atoms with Crippen molar-refractivity contribution in [1.82, 2.24) is 0 Å². The van der Waals surface area contributed by atoms with Crippen LogP contribution in [0, 0.1) is 12.3 Å². The third-order valence-electron chi connectivity index (χ3n) is 3.10. The average molecular weight is 224 g/mol. The first-order chi connectivity index (χ1) is 7.77. The van der Waals surface area contributed by atoms with Crippen molar-refractivity contribution >= 4 is 0 Å². The summed E-state index contributed by atoms with van der Waals surface area (Å²) >= 11 is 0. The number of hydrogen-bond donors (Lipinski definition) is 0. The van der Waals surface area contributed by atoms with Crippen molar-refractivity contribution in [3.63, 3.8) is 0 Å². The van der Waals surface area contributed by atoms with Gasteiger partial charge in [0.1, 0.15) is 0 Å². The SMILES string of the molecule is C#CCCCCCCCCC1(C)OCCO1. The molecule has 1 rings (SSSR count). The molecule has 0 unspecified atom stereocenters. The van der Waals surface area contributed by atoms with E-state index in [1.807, 2.05) is 6.92 Å². The Kier molecular flexibility index (Phi) is 6.52. The molecule has 0 aliphatic carbocycles. The summed E-state index contributed by atoms with van der Waals surface area (Å²) in [4.78, 5) is 0. The average Bonchev–Trinajstić information content (AvgIpc) is 2.70. The van der Waals surface area contributed by atoms with E-state index in [0.29, 0.717) is 0 Å². The summed E-state index contributed by atoms with van der Waals surface area (Å²) in [5.41, 5.74) is 0. The van der Waals surface area contributed by atoms with Gasteiger partial charge in [-0.1, -0.05) is 25.7 Å². The fourth-order valence-corrected chi connectivity index (χ4v) is 2.08. The van der Waals surface area contributed by atoms with Crippen LogP contribution in [-0.2, 0) is 9.47 Å². The number of rotatable bonds is 8. The first kappa shape index (κ1) is 13.5. The summed E-state index contributed by atoms with van der Waals surface area (Å²) in [6.45, 7) is 3.55. The predicted octanol–water partition coefficient (Wildman–Crippen LogP) is 3.50. The van der Waals surface area contributed by atoms with Crippen LogP contribution in [0.5, 0.6) is 0 Å². The van der Waals surface area contributed by atoms with Crippen LogP contribution >= 0.6 is 0 Å². The minimum atomic E-state index is -0.288. The summed E-state index contributed by atoms with van der Waals surface area (Å²) in [5.74, 6) is 2.39. The van der Waals surface area contributed by atoms with Gasteiger partial charge in [-0.05, 0) is 19.8 Å². The normalized spacial score (nSPS) is 18.5. The minimum Gasteiger partial charge on any atom is -0.348 e. The maximum absolute atomic E-state index is 5.56. The molecule has 1 heterocycles. The molecule has 0 aromatic carbocycles. The quantitative estimate of drug-likeness (QED) is 0.464. The van der Waals surface area contributed by atoms with E-state index in [1.165, 1.54) is 38.5 Å². The molecule has 1 fully saturated rings. The second-order valence-electron chi connectivity index (χ2n) is 4.66. The van der Waals surface area contributed by atoms with Crippen molar-refractivity contribution in [2.75, 3.05) is 13.2 Å². The molecule has 0 radical (unpaired) electrons. The number of terminal acetylenes is 1. The molecule has 0 saturated carbocycles. The Morgan fingerprint density at radius 2 is 1.56 bits per heavy atom. The van der Waals surface area contributed by atoms with E-state index in [1.54, 1.807) is 0 Å². The lowest BCUT2D eigenvalue weighted by atomic mass is 10.1. The fraction of sp³-hybridized carbons (Fsp3) is 0.857. The van der Waals surface area contributed by atoms with Gasteiger partial charge in [0.2, 0.25) is 0 Å². The third-order valence-corrected chi connectivity index (χ3v) is 3.10. The summed E-state index contributed by atoms with van der Waals surface area (Å²) in [5, 5.41) is 0. The molecular weight excluding hydrogens is 200 g/mol. The Balaban J connectivity index is 1.86. The van der Waals surface area contributed by atoms with Crippen molar-refractivity contribution in [2.45, 2.75) is 64.1 Å². The molecule has 0 bridgehead atoms. The second kappa shape index (κ2) is 7.70. The van der Waals surface area contributed by atoms with Crippen molar-refractivity contribution in [1.29, 1.82) is 0 Å². The molecule has 1 saturated heterocycles. The molecular formula is C14H24O2. The van der Waals surface area contributed by atoms with E-state index >= 15 is 0 Å². The highest BCUT2D eigenvalue weighted by Gasteiger charge is 2.29. The van der Waals surface area contributed by atoms with Gasteiger partial charge in [0, 0.05) is 12.8 Å². The molecule has 1 aliphatic rings. The third kappa shape index (κ3) is 5.53. The lowest BCUT2D eigenvalue weighted by Crippen LogP contribution is -2.24. The van der Waals surface area contributed by atoms with Gasteiger partial charge < -0.3 is 9.47 Å². The summed E-state index contributed by atoms with van der Waals surface area (Å²) in [6, 6.07) is 0. The van der Waals surface area contributed by atoms with Crippen LogP contribution in [0.15, 0.2) is 0 Å². The maximum Gasteiger partial charge on any atom is 0.165 e. The molecule has 1 aliphatic heterocycles. The highest BCUT2D eigenvalue weighted by molar-refractivity contribution is 4.82. The Labute approximate surface area is 99.7 Å². The van der Waals surface area contributed by atoms with E-state index in [0.717, 1.165) is 26.1 Å². The Morgan fingerprint density at radius 3 is 2.19 bits per heavy atom. The van der Waals surface area contributed by atoms with Gasteiger partial charge in [-0.2, -0.15) is 0 Å². The van der Waals surface area contributed by atoms with Crippen LogP contribution < -0.4 is 0 Å². The molecule has 0 atom stereocenters. The molecule has 92 valence electrons. The molecule has 0 aromatic rings. The van der Waals surface area contributed by atoms with E-state index in [2.05, 4.69) is 5.92 Å². The molecule has 0 amide bonds. The predicted molar refractivity (Wildman–Crippen MR) is 66.1 cm³/mol. The van der Waals surface area contributed by atoms with Crippen molar-refractivity contribution < 1.29 is 9.47 Å². The van der Waals surface area contributed by atoms with Crippen LogP contribution in [0.25, 0.3) is 0 Å². The van der Waals surface area contributed by atoms with Gasteiger partial charge in [-0.15, -0.1) is 12.3 Å². The van der Waals surface area contributed by atoms with Crippen LogP contribution in [0.1, 0.15) is 58.3 Å². The van der Waals surface area contributed by atoms with Gasteiger partial charge in [0.05, 0.1) is 13.2 Å². The molecule has 0 N–H and O–H groups in total. The van der Waals surface area contributed by atoms with Crippen LogP contribution in [0.4, 0.5) is 0 Å². The zero-order valence-electron chi connectivity index (χ0n) is 10.5. The summed E-state index contributed by atoms with van der Waals surface area (Å²) in [6.07, 6.45) is 14.7. The number of ether oxygens (including phenoxy) is 2. The number of hydrogen-bond acceptors (Lipinski definition) is 2. The standard InChI is InChI=1S/C14H24O2/c1-3-4-5-6-7-8-9-10-11-14(2)15-12-13-16-14/h1H,4-13H2,2H3. The minimum absolute atomic E-state index is 0.288. The van der Waals surface area contributed by atoms with E-state index < -0.39 is 0 Å². The van der Waals surface area contributed by atoms with Crippen LogP contribution in [0.3, 0.4) is 0 Å². The fourth-order valence-electron chi connectivity index (χ4n) is 2.08. The molecule has 2 heteroatoms. The summed E-state index contributed by atoms with van der Waals surface area (Å²) in [7, 11) is 0. The Hall–Kier alpha value is -0.520. The first-order valence-corrected chi connectivity index (χ1v) is 6.48. The van der Waals surface area contributed by atoms with Crippen molar-refractivity contribution in [3.8, 4) is 12.3 Å². The van der Waals surface area contributed by atoms with E-state index in [-0.39, 0.29) is 5.79 Å². The second-order valence-corrected chi connectivity index (χ2v) is 4.66. The molecule has 2 nitrogen and oxygen atoms in total. The lowest BCUT2D eigenvalue weighted by Gasteiger charge is -2.21. The van der Waals surface area contributed by atoms with Gasteiger partial charge in [-0.25, -0.2) is 0 Å².